The Kier molecular flexibility index (Phi) is 15.2. The number of aliphatic hydroxyl groups excluding tert-OH is 2. The summed E-state index contributed by atoms with van der Waals surface area (Å²) in [5.74, 6) is -0.160. The molecule has 4 aromatic carbocycles. The normalized spacial score (nSPS) is 22.6. The van der Waals surface area contributed by atoms with Crippen molar-refractivity contribution >= 4 is 17.5 Å². The molecule has 0 spiro atoms. The fraction of sp³-hybridized carbons (Fsp3) is 0.385. The Labute approximate surface area is 390 Å². The van der Waals surface area contributed by atoms with Crippen molar-refractivity contribution in [1.29, 1.82) is 0 Å². The third-order valence-corrected chi connectivity index (χ3v) is 12.9. The van der Waals surface area contributed by atoms with Crippen LogP contribution in [0.2, 0.25) is 0 Å². The van der Waals surface area contributed by atoms with Gasteiger partial charge in [-0.1, -0.05) is 79.2 Å². The van der Waals surface area contributed by atoms with E-state index in [1.165, 1.54) is 24.3 Å². The summed E-state index contributed by atoms with van der Waals surface area (Å²) in [5.41, 5.74) is 3.81. The Morgan fingerprint density at radius 1 is 0.866 bits per heavy atom. The zero-order valence-corrected chi connectivity index (χ0v) is 37.4. The number of nitrogens with zero attached hydrogens (tertiary/aromatic N) is 3. The molecule has 352 valence electrons. The summed E-state index contributed by atoms with van der Waals surface area (Å²) in [7, 11) is 0. The largest absolute Gasteiger partial charge is 0.490 e. The van der Waals surface area contributed by atoms with Gasteiger partial charge in [0.05, 0.1) is 23.2 Å². The molecule has 2 N–H and O–H groups in total. The van der Waals surface area contributed by atoms with Gasteiger partial charge in [-0.25, -0.2) is 4.79 Å². The first-order chi connectivity index (χ1) is 32.8. The maximum Gasteiger partial charge on any atom is 0.416 e. The lowest BCUT2D eigenvalue weighted by Crippen LogP contribution is -2.70. The van der Waals surface area contributed by atoms with Crippen LogP contribution in [0.1, 0.15) is 67.6 Å². The second-order valence-corrected chi connectivity index (χ2v) is 17.1. The summed E-state index contributed by atoms with van der Waals surface area (Å²) in [6, 6.07) is 25.3. The molecule has 0 bridgehead atoms. The highest BCUT2D eigenvalue weighted by molar-refractivity contribution is 6.03. The van der Waals surface area contributed by atoms with Crippen molar-refractivity contribution in [1.82, 2.24) is 4.90 Å². The molecule has 15 heteroatoms. The van der Waals surface area contributed by atoms with E-state index in [0.29, 0.717) is 47.1 Å². The molecule has 2 aliphatic heterocycles. The zero-order chi connectivity index (χ0) is 46.8. The van der Waals surface area contributed by atoms with Crippen LogP contribution >= 0.6 is 0 Å². The number of fused-ring (bicyclic) bond motifs is 3. The van der Waals surface area contributed by atoms with E-state index in [0.717, 1.165) is 42.4 Å². The van der Waals surface area contributed by atoms with Gasteiger partial charge in [0.1, 0.15) is 36.5 Å². The number of nitro groups is 1. The SMILES string of the molecule is C=CCOc1ccc2c(c1)C1C(CCCCO)C(CCCCO)C=C3C(=NOCc4ccccc4)CC(N(Cc4ccc5c(c4)OCO5)C(=O)Oc4ccc([N+](=O)[O-])cc4)C(OCC=C)(O2)C31. The predicted octanol–water partition coefficient (Wildman–Crippen LogP) is 9.42. The van der Waals surface area contributed by atoms with Crippen LogP contribution in [-0.4, -0.2) is 76.9 Å². The molecule has 2 heterocycles. The molecular formula is C52H57N3O12. The van der Waals surface area contributed by atoms with Gasteiger partial charge < -0.3 is 43.5 Å². The first kappa shape index (κ1) is 46.8. The van der Waals surface area contributed by atoms with Crippen LogP contribution < -0.4 is 23.7 Å². The van der Waals surface area contributed by atoms with E-state index in [2.05, 4.69) is 19.2 Å². The lowest BCUT2D eigenvalue weighted by atomic mass is 9.55. The second-order valence-electron chi connectivity index (χ2n) is 17.1. The molecule has 67 heavy (non-hydrogen) atoms. The number of oxime groups is 1. The van der Waals surface area contributed by atoms with Gasteiger partial charge in [0.15, 0.2) is 11.5 Å². The van der Waals surface area contributed by atoms with Crippen LogP contribution in [0, 0.1) is 27.9 Å². The fourth-order valence-electron chi connectivity index (χ4n) is 9.99. The first-order valence-corrected chi connectivity index (χ1v) is 22.9. The molecule has 0 radical (unpaired) electrons. The van der Waals surface area contributed by atoms with Gasteiger partial charge in [-0.15, -0.1) is 6.58 Å². The quantitative estimate of drug-likeness (QED) is 0.0331. The van der Waals surface area contributed by atoms with Crippen molar-refractivity contribution in [2.75, 3.05) is 33.2 Å². The monoisotopic (exact) mass is 915 g/mol. The topological polar surface area (TPSA) is 181 Å². The molecule has 4 aromatic rings. The van der Waals surface area contributed by atoms with Crippen molar-refractivity contribution in [3.05, 3.63) is 155 Å². The number of nitro benzene ring substituents is 1. The molecule has 6 atom stereocenters. The summed E-state index contributed by atoms with van der Waals surface area (Å²) >= 11 is 0. The molecule has 0 saturated heterocycles. The van der Waals surface area contributed by atoms with E-state index in [9.17, 15) is 20.3 Å². The van der Waals surface area contributed by atoms with Crippen molar-refractivity contribution in [3.8, 4) is 28.7 Å². The Morgan fingerprint density at radius 3 is 2.34 bits per heavy atom. The average molecular weight is 916 g/mol. The number of ether oxygens (including phenoxy) is 6. The summed E-state index contributed by atoms with van der Waals surface area (Å²) in [6.45, 7) is 8.56. The van der Waals surface area contributed by atoms with Crippen LogP contribution in [0.5, 0.6) is 28.7 Å². The third kappa shape index (κ3) is 10.3. The van der Waals surface area contributed by atoms with Crippen molar-refractivity contribution in [2.45, 2.75) is 75.8 Å². The van der Waals surface area contributed by atoms with Crippen LogP contribution in [-0.2, 0) is 22.7 Å². The standard InChI is InChI=1S/C52H57N3O12/c1-3-26-61-40-21-23-45-43(30-40)49-41(15-9-11-25-57)37(14-8-10-24-56)29-42-44(53-65-33-35-12-6-5-7-13-35)31-48(52(67-45,50(42)49)64-27-4-2)54(32-36-16-22-46-47(28-36)63-34-62-46)51(58)66-39-19-17-38(18-20-39)55(59)60/h3-7,12-13,16-23,28-30,37,41,48-50,56-57H,1-2,8-11,14-15,24-27,31-34H2. The molecule has 15 nitrogen and oxygen atoms in total. The molecule has 1 fully saturated rings. The van der Waals surface area contributed by atoms with Crippen LogP contribution in [0.15, 0.2) is 133 Å². The van der Waals surface area contributed by atoms with Gasteiger partial charge in [0.25, 0.3) is 5.69 Å². The first-order valence-electron chi connectivity index (χ1n) is 22.9. The van der Waals surface area contributed by atoms with Crippen molar-refractivity contribution < 1.29 is 53.2 Å². The molecular weight excluding hydrogens is 859 g/mol. The average Bonchev–Trinajstić information content (AvgIpc) is 3.82. The summed E-state index contributed by atoms with van der Waals surface area (Å²) < 4.78 is 38.2. The highest BCUT2D eigenvalue weighted by Crippen LogP contribution is 2.62. The predicted molar refractivity (Wildman–Crippen MR) is 249 cm³/mol. The molecule has 6 unspecified atom stereocenters. The minimum atomic E-state index is -1.60. The number of unbranched alkanes of at least 4 members (excludes halogenated alkanes) is 2. The Hall–Kier alpha value is -6.68. The van der Waals surface area contributed by atoms with E-state index in [1.54, 1.807) is 23.1 Å². The summed E-state index contributed by atoms with van der Waals surface area (Å²) in [4.78, 5) is 34.0. The van der Waals surface area contributed by atoms with Gasteiger partial charge >= 0.3 is 6.09 Å². The lowest BCUT2D eigenvalue weighted by molar-refractivity contribution is -0.384. The summed E-state index contributed by atoms with van der Waals surface area (Å²) in [5, 5.41) is 36.5. The number of benzene rings is 4. The van der Waals surface area contributed by atoms with E-state index in [-0.39, 0.29) is 82.0 Å². The minimum Gasteiger partial charge on any atom is -0.490 e. The van der Waals surface area contributed by atoms with Crippen molar-refractivity contribution in [3.63, 3.8) is 0 Å². The maximum absolute atomic E-state index is 15.2. The van der Waals surface area contributed by atoms with Crippen LogP contribution in [0.3, 0.4) is 0 Å². The lowest BCUT2D eigenvalue weighted by Gasteiger charge is -2.59. The Balaban J connectivity index is 1.34. The number of allylic oxidation sites excluding steroid dienone is 1. The van der Waals surface area contributed by atoms with Gasteiger partial charge in [-0.2, -0.15) is 0 Å². The molecule has 1 amide bonds. The van der Waals surface area contributed by atoms with Crippen LogP contribution in [0.25, 0.3) is 0 Å². The highest BCUT2D eigenvalue weighted by Gasteiger charge is 2.66. The van der Waals surface area contributed by atoms with Crippen LogP contribution in [0.4, 0.5) is 10.5 Å². The molecule has 8 rings (SSSR count). The molecule has 4 aliphatic rings. The van der Waals surface area contributed by atoms with Gasteiger partial charge in [-0.3, -0.25) is 15.0 Å². The number of amides is 1. The number of hydrogen-bond acceptors (Lipinski definition) is 13. The Morgan fingerprint density at radius 2 is 1.60 bits per heavy atom. The van der Waals surface area contributed by atoms with E-state index < -0.39 is 28.8 Å². The molecule has 2 aliphatic carbocycles. The third-order valence-electron chi connectivity index (χ3n) is 12.9. The molecule has 1 saturated carbocycles. The number of aliphatic hydroxyl groups is 2. The van der Waals surface area contributed by atoms with E-state index in [4.69, 9.17) is 38.4 Å². The fourth-order valence-corrected chi connectivity index (χ4v) is 9.99. The zero-order valence-electron chi connectivity index (χ0n) is 37.4. The second kappa shape index (κ2) is 21.7. The van der Waals surface area contributed by atoms with Gasteiger partial charge in [0, 0.05) is 49.8 Å². The minimum absolute atomic E-state index is 0.00927. The number of hydrogen-bond donors (Lipinski definition) is 2. The van der Waals surface area contributed by atoms with Gasteiger partial charge in [0.2, 0.25) is 12.6 Å². The van der Waals surface area contributed by atoms with E-state index in [1.807, 2.05) is 60.7 Å². The Bertz CT molecular complexity index is 2440. The molecule has 0 aromatic heterocycles. The highest BCUT2D eigenvalue weighted by atomic mass is 16.7. The number of carbonyl (C=O) groups is 1. The number of non-ortho nitro benzene ring substituents is 1. The smallest absolute Gasteiger partial charge is 0.416 e. The number of rotatable bonds is 22. The van der Waals surface area contributed by atoms with E-state index >= 15 is 4.79 Å². The maximum atomic E-state index is 15.2. The summed E-state index contributed by atoms with van der Waals surface area (Å²) in [6.07, 6.45) is 9.23. The number of carbonyl (C=O) groups excluding carboxylic acids is 1. The van der Waals surface area contributed by atoms with Crippen molar-refractivity contribution in [2.24, 2.45) is 22.9 Å². The van der Waals surface area contributed by atoms with Gasteiger partial charge in [-0.05, 0) is 96.7 Å².